The van der Waals surface area contributed by atoms with Crippen LogP contribution in [-0.4, -0.2) is 18.8 Å². The summed E-state index contributed by atoms with van der Waals surface area (Å²) in [4.78, 5) is 7.64. The molecule has 0 aliphatic heterocycles. The van der Waals surface area contributed by atoms with E-state index in [0.29, 0.717) is 0 Å². The molecule has 0 nitrogen and oxygen atoms in total. The second kappa shape index (κ2) is 10.9. The summed E-state index contributed by atoms with van der Waals surface area (Å²) >= 11 is -1.31. The first-order valence-electron chi connectivity index (χ1n) is 7.36. The quantitative estimate of drug-likeness (QED) is 0.309. The molecular formula is C15H34Sb+. The van der Waals surface area contributed by atoms with Crippen LogP contribution in [0.3, 0.4) is 0 Å². The van der Waals surface area contributed by atoms with Gasteiger partial charge in [0.05, 0.1) is 0 Å². The van der Waals surface area contributed by atoms with Crippen LogP contribution in [0, 0.1) is 0 Å². The van der Waals surface area contributed by atoms with Crippen LogP contribution < -0.4 is 0 Å². The van der Waals surface area contributed by atoms with Gasteiger partial charge in [0.1, 0.15) is 0 Å². The SMILES string of the molecule is CCCCCCCCCCC[CH2][Sb+]([CH3])([CH3])[CH3]. The summed E-state index contributed by atoms with van der Waals surface area (Å²) < 4.78 is 1.59. The molecule has 0 bridgehead atoms. The topological polar surface area (TPSA) is 0 Å². The second-order valence-corrected chi connectivity index (χ2v) is 20.5. The molecule has 0 radical (unpaired) electrons. The van der Waals surface area contributed by atoms with E-state index in [2.05, 4.69) is 21.5 Å². The monoisotopic (exact) mass is 335 g/mol. The van der Waals surface area contributed by atoms with Gasteiger partial charge < -0.3 is 0 Å². The molecule has 0 aliphatic carbocycles. The van der Waals surface area contributed by atoms with Crippen molar-refractivity contribution in [2.24, 2.45) is 0 Å². The van der Waals surface area contributed by atoms with Crippen LogP contribution in [0.5, 0.6) is 0 Å². The molecule has 0 rings (SSSR count). The summed E-state index contributed by atoms with van der Waals surface area (Å²) in [6.45, 7) is 2.29. The summed E-state index contributed by atoms with van der Waals surface area (Å²) in [6, 6.07) is 0. The van der Waals surface area contributed by atoms with E-state index in [1.165, 1.54) is 64.2 Å². The third kappa shape index (κ3) is 14.8. The van der Waals surface area contributed by atoms with Crippen molar-refractivity contribution in [3.8, 4) is 0 Å². The van der Waals surface area contributed by atoms with E-state index in [-0.39, 0.29) is 0 Å². The zero-order valence-electron chi connectivity index (χ0n) is 12.2. The summed E-state index contributed by atoms with van der Waals surface area (Å²) in [5.74, 6) is 0. The van der Waals surface area contributed by atoms with E-state index in [0.717, 1.165) is 0 Å². The predicted molar refractivity (Wildman–Crippen MR) is 80.0 cm³/mol. The number of unbranched alkanes of at least 4 members (excludes halogenated alkanes) is 9. The summed E-state index contributed by atoms with van der Waals surface area (Å²) in [7, 11) is 0. The molecule has 1 heteroatoms. The average molecular weight is 336 g/mol. The molecule has 0 aromatic heterocycles. The van der Waals surface area contributed by atoms with Crippen molar-refractivity contribution in [2.75, 3.05) is 0 Å². The Kier molecular flexibility index (Phi) is 11.5. The molecule has 0 aromatic carbocycles. The number of hydrogen-bond acceptors (Lipinski definition) is 0. The summed E-state index contributed by atoms with van der Waals surface area (Å²) in [5.41, 5.74) is 0. The average Bonchev–Trinajstić information content (AvgIpc) is 2.19. The molecule has 98 valence electrons. The van der Waals surface area contributed by atoms with Crippen LogP contribution in [0.25, 0.3) is 0 Å². The van der Waals surface area contributed by atoms with E-state index in [9.17, 15) is 0 Å². The summed E-state index contributed by atoms with van der Waals surface area (Å²) in [5, 5.41) is 0. The van der Waals surface area contributed by atoms with Gasteiger partial charge in [0.25, 0.3) is 0 Å². The third-order valence-corrected chi connectivity index (χ3v) is 7.91. The van der Waals surface area contributed by atoms with Crippen LogP contribution in [0.15, 0.2) is 0 Å². The fourth-order valence-corrected chi connectivity index (χ4v) is 5.42. The van der Waals surface area contributed by atoms with Gasteiger partial charge in [-0.2, -0.15) is 0 Å². The van der Waals surface area contributed by atoms with Crippen LogP contribution in [-0.2, 0) is 0 Å². The van der Waals surface area contributed by atoms with E-state index >= 15 is 0 Å². The molecule has 0 saturated heterocycles. The fourth-order valence-electron chi connectivity index (χ4n) is 2.07. The van der Waals surface area contributed by atoms with Crippen molar-refractivity contribution in [1.29, 1.82) is 0 Å². The van der Waals surface area contributed by atoms with Crippen molar-refractivity contribution in [3.05, 3.63) is 0 Å². The van der Waals surface area contributed by atoms with Gasteiger partial charge in [0.2, 0.25) is 0 Å². The molecule has 0 aromatic rings. The molecule has 0 spiro atoms. The summed E-state index contributed by atoms with van der Waals surface area (Å²) in [6.07, 6.45) is 14.7. The van der Waals surface area contributed by atoms with Crippen LogP contribution >= 0.6 is 0 Å². The maximum absolute atomic E-state index is 2.55. The van der Waals surface area contributed by atoms with Gasteiger partial charge in [0, 0.05) is 0 Å². The second-order valence-electron chi connectivity index (χ2n) is 6.20. The third-order valence-electron chi connectivity index (χ3n) is 3.18. The first-order chi connectivity index (χ1) is 7.56. The number of rotatable bonds is 11. The van der Waals surface area contributed by atoms with E-state index < -0.39 is 18.8 Å². The molecule has 0 N–H and O–H groups in total. The van der Waals surface area contributed by atoms with Crippen molar-refractivity contribution in [3.63, 3.8) is 0 Å². The van der Waals surface area contributed by atoms with Gasteiger partial charge in [-0.3, -0.25) is 0 Å². The number of hydrogen-bond donors (Lipinski definition) is 0. The molecule has 0 heterocycles. The zero-order valence-corrected chi connectivity index (χ0v) is 14.8. The Labute approximate surface area is 109 Å². The molecule has 0 amide bonds. The molecular weight excluding hydrogens is 302 g/mol. The Hall–Kier alpha value is 0.818. The normalized spacial score (nSPS) is 12.0. The predicted octanol–water partition coefficient (Wildman–Crippen LogP) is 6.25. The minimum absolute atomic E-state index is 1.31. The van der Waals surface area contributed by atoms with Crippen LogP contribution in [0.1, 0.15) is 71.1 Å². The van der Waals surface area contributed by atoms with Crippen molar-refractivity contribution >= 4 is 18.8 Å². The Morgan fingerprint density at radius 2 is 0.938 bits per heavy atom. The molecule has 0 unspecified atom stereocenters. The Morgan fingerprint density at radius 1 is 0.562 bits per heavy atom. The fraction of sp³-hybridized carbons (Fsp3) is 1.00. The van der Waals surface area contributed by atoms with Gasteiger partial charge in [-0.25, -0.2) is 0 Å². The molecule has 0 atom stereocenters. The maximum atomic E-state index is 2.55. The van der Waals surface area contributed by atoms with Crippen molar-refractivity contribution in [2.45, 2.75) is 90.1 Å². The molecule has 0 saturated carbocycles. The van der Waals surface area contributed by atoms with Crippen LogP contribution in [0.2, 0.25) is 19.0 Å². The van der Waals surface area contributed by atoms with Crippen molar-refractivity contribution < 1.29 is 0 Å². The van der Waals surface area contributed by atoms with E-state index in [1.807, 2.05) is 0 Å². The van der Waals surface area contributed by atoms with Gasteiger partial charge in [-0.15, -0.1) is 0 Å². The van der Waals surface area contributed by atoms with E-state index in [4.69, 9.17) is 0 Å². The first kappa shape index (κ1) is 16.8. The standard InChI is InChI=1S/C12H25.3CH3.Sb/c1-3-5-7-9-11-12-10-8-6-4-2;;;;/h1,3-12H2,2H3;3*1H3;/q;;;;+1. The van der Waals surface area contributed by atoms with Gasteiger partial charge in [-0.1, -0.05) is 0 Å². The Morgan fingerprint density at radius 3 is 1.31 bits per heavy atom. The van der Waals surface area contributed by atoms with Crippen molar-refractivity contribution in [1.82, 2.24) is 0 Å². The molecule has 0 fully saturated rings. The molecule has 0 aliphatic rings. The first-order valence-corrected chi connectivity index (χ1v) is 16.8. The van der Waals surface area contributed by atoms with E-state index in [1.54, 1.807) is 4.37 Å². The minimum atomic E-state index is -1.31. The van der Waals surface area contributed by atoms with Crippen LogP contribution in [0.4, 0.5) is 0 Å². The molecule has 16 heavy (non-hydrogen) atoms. The van der Waals surface area contributed by atoms with Gasteiger partial charge in [-0.05, 0) is 0 Å². The Bertz CT molecular complexity index is 135. The zero-order chi connectivity index (χ0) is 12.3. The van der Waals surface area contributed by atoms with Gasteiger partial charge in [0.15, 0.2) is 0 Å². The Balaban J connectivity index is 2.99. The van der Waals surface area contributed by atoms with Gasteiger partial charge >= 0.3 is 109 Å².